The van der Waals surface area contributed by atoms with Crippen molar-refractivity contribution in [3.63, 3.8) is 0 Å². The molecule has 1 rings (SSSR count). The molecule has 12 nitrogen and oxygen atoms in total. The number of esters is 4. The predicted octanol–water partition coefficient (Wildman–Crippen LogP) is 1.98. The average molecular weight is 500 g/mol. The molecule has 0 saturated carbocycles. The molecule has 14 heteroatoms. The Hall–Kier alpha value is -1.66. The van der Waals surface area contributed by atoms with Gasteiger partial charge in [-0.05, 0) is 25.2 Å². The van der Waals surface area contributed by atoms with Crippen molar-refractivity contribution in [2.45, 2.75) is 71.4 Å². The second kappa shape index (κ2) is 13.1. The number of hydrogen-bond donors (Lipinski definition) is 0. The Morgan fingerprint density at radius 3 is 1.69 bits per heavy atom. The largest absolute Gasteiger partial charge is 0.463 e. The first-order chi connectivity index (χ1) is 14.9. The van der Waals surface area contributed by atoms with Crippen LogP contribution in [-0.4, -0.2) is 73.5 Å². The zero-order valence-electron chi connectivity index (χ0n) is 18.8. The molecule has 1 saturated heterocycles. The minimum Gasteiger partial charge on any atom is -0.463 e. The van der Waals surface area contributed by atoms with Crippen molar-refractivity contribution in [3.8, 4) is 0 Å². The summed E-state index contributed by atoms with van der Waals surface area (Å²) in [6, 6.07) is 0. The van der Waals surface area contributed by atoms with Gasteiger partial charge in [0.05, 0.1) is 13.2 Å². The smallest absolute Gasteiger partial charge is 0.391 e. The topological polar surface area (TPSA) is 150 Å². The molecular weight excluding hydrogens is 471 g/mol. The van der Waals surface area contributed by atoms with E-state index in [4.69, 9.17) is 32.7 Å². The standard InChI is InChI=1S/C18H29O12PS/c1-7-25-31(23,26-8-2)32-18-17(29-13(6)22)16(28-12(5)21)15(27-11(4)20)14(30-18)9-24-10(3)19/h14-18H,7-9H2,1-6H3/t14-,15+,16+,17-,18+/m1/s1. The number of carbonyl (C=O) groups excluding carboxylic acids is 4. The molecule has 0 aliphatic carbocycles. The Balaban J connectivity index is 3.43. The highest BCUT2D eigenvalue weighted by Crippen LogP contribution is 2.63. The lowest BCUT2D eigenvalue weighted by atomic mass is 9.99. The van der Waals surface area contributed by atoms with Crippen molar-refractivity contribution in [2.75, 3.05) is 19.8 Å². The highest BCUT2D eigenvalue weighted by molar-refractivity contribution is 8.55. The third kappa shape index (κ3) is 9.07. The first kappa shape index (κ1) is 28.4. The van der Waals surface area contributed by atoms with Crippen molar-refractivity contribution in [2.24, 2.45) is 0 Å². The zero-order valence-corrected chi connectivity index (χ0v) is 20.5. The number of carbonyl (C=O) groups is 4. The first-order valence-corrected chi connectivity index (χ1v) is 12.8. The van der Waals surface area contributed by atoms with Crippen LogP contribution in [0.15, 0.2) is 0 Å². The van der Waals surface area contributed by atoms with Crippen LogP contribution in [0.2, 0.25) is 0 Å². The first-order valence-electron chi connectivity index (χ1n) is 9.80. The van der Waals surface area contributed by atoms with Crippen LogP contribution in [-0.2, 0) is 56.5 Å². The van der Waals surface area contributed by atoms with Crippen LogP contribution in [0.5, 0.6) is 0 Å². The minimum atomic E-state index is -3.80. The fourth-order valence-corrected chi connectivity index (χ4v) is 6.69. The third-order valence-corrected chi connectivity index (χ3v) is 7.78. The molecule has 1 fully saturated rings. The zero-order chi connectivity index (χ0) is 24.5. The van der Waals surface area contributed by atoms with E-state index in [0.29, 0.717) is 11.4 Å². The summed E-state index contributed by atoms with van der Waals surface area (Å²) in [5.74, 6) is -2.91. The van der Waals surface area contributed by atoms with E-state index >= 15 is 0 Å². The Bertz CT molecular complexity index is 719. The highest BCUT2D eigenvalue weighted by Gasteiger charge is 2.54. The molecular formula is C18H29O12PS. The van der Waals surface area contributed by atoms with Crippen LogP contribution in [0.3, 0.4) is 0 Å². The summed E-state index contributed by atoms with van der Waals surface area (Å²) in [6.07, 6.45) is -5.15. The van der Waals surface area contributed by atoms with Crippen molar-refractivity contribution in [1.82, 2.24) is 0 Å². The summed E-state index contributed by atoms with van der Waals surface area (Å²) < 4.78 is 50.4. The van der Waals surface area contributed by atoms with Gasteiger partial charge in [0.1, 0.15) is 12.7 Å². The van der Waals surface area contributed by atoms with Gasteiger partial charge >= 0.3 is 30.7 Å². The monoisotopic (exact) mass is 500 g/mol. The maximum Gasteiger partial charge on any atom is 0.391 e. The predicted molar refractivity (Wildman–Crippen MR) is 110 cm³/mol. The molecule has 1 aliphatic rings. The van der Waals surface area contributed by atoms with Gasteiger partial charge in [0.15, 0.2) is 23.7 Å². The molecule has 1 heterocycles. The quantitative estimate of drug-likeness (QED) is 0.231. The molecule has 0 unspecified atom stereocenters. The van der Waals surface area contributed by atoms with Crippen LogP contribution in [0.1, 0.15) is 41.5 Å². The van der Waals surface area contributed by atoms with E-state index in [-0.39, 0.29) is 19.8 Å². The van der Waals surface area contributed by atoms with Gasteiger partial charge in [0, 0.05) is 27.7 Å². The number of rotatable bonds is 11. The Morgan fingerprint density at radius 1 is 0.781 bits per heavy atom. The Labute approximate surface area is 190 Å². The lowest BCUT2D eigenvalue weighted by Crippen LogP contribution is -2.61. The highest BCUT2D eigenvalue weighted by atomic mass is 32.7. The van der Waals surface area contributed by atoms with E-state index in [9.17, 15) is 23.7 Å². The van der Waals surface area contributed by atoms with E-state index in [2.05, 4.69) is 0 Å². The van der Waals surface area contributed by atoms with Gasteiger partial charge in [-0.1, -0.05) is 0 Å². The summed E-state index contributed by atoms with van der Waals surface area (Å²) >= 11 is 0.596. The van der Waals surface area contributed by atoms with E-state index in [1.54, 1.807) is 13.8 Å². The molecule has 0 aromatic carbocycles. The van der Waals surface area contributed by atoms with Gasteiger partial charge < -0.3 is 32.7 Å². The van der Waals surface area contributed by atoms with Crippen LogP contribution in [0.4, 0.5) is 0 Å². The Morgan fingerprint density at radius 2 is 1.25 bits per heavy atom. The summed E-state index contributed by atoms with van der Waals surface area (Å²) in [7, 11) is 0. The van der Waals surface area contributed by atoms with Gasteiger partial charge in [-0.3, -0.25) is 19.2 Å². The minimum absolute atomic E-state index is 0.0511. The molecule has 0 bridgehead atoms. The second-order valence-corrected chi connectivity index (χ2v) is 10.5. The normalized spacial score (nSPS) is 25.5. The molecule has 5 atom stereocenters. The molecule has 1 aliphatic heterocycles. The fourth-order valence-electron chi connectivity index (χ4n) is 2.82. The summed E-state index contributed by atoms with van der Waals surface area (Å²) in [5, 5.41) is 0. The molecule has 32 heavy (non-hydrogen) atoms. The van der Waals surface area contributed by atoms with E-state index < -0.39 is 60.5 Å². The van der Waals surface area contributed by atoms with Gasteiger partial charge in [-0.25, -0.2) is 4.57 Å². The van der Waals surface area contributed by atoms with Crippen molar-refractivity contribution >= 4 is 42.1 Å². The van der Waals surface area contributed by atoms with E-state index in [0.717, 1.165) is 20.8 Å². The molecule has 0 radical (unpaired) electrons. The van der Waals surface area contributed by atoms with Crippen LogP contribution in [0.25, 0.3) is 0 Å². The molecule has 184 valence electrons. The lowest BCUT2D eigenvalue weighted by Gasteiger charge is -2.44. The molecule has 0 aromatic heterocycles. The van der Waals surface area contributed by atoms with E-state index in [1.165, 1.54) is 6.92 Å². The van der Waals surface area contributed by atoms with Gasteiger partial charge in [-0.2, -0.15) is 0 Å². The maximum absolute atomic E-state index is 13.1. The number of ether oxygens (including phenoxy) is 5. The van der Waals surface area contributed by atoms with Crippen molar-refractivity contribution < 1.29 is 56.5 Å². The Kier molecular flexibility index (Phi) is 11.7. The van der Waals surface area contributed by atoms with Gasteiger partial charge in [-0.15, -0.1) is 0 Å². The lowest BCUT2D eigenvalue weighted by molar-refractivity contribution is -0.237. The summed E-state index contributed by atoms with van der Waals surface area (Å²) in [6.45, 7) is 3.65. The fraction of sp³-hybridized carbons (Fsp3) is 0.778. The molecule has 0 amide bonds. The van der Waals surface area contributed by atoms with Crippen LogP contribution >= 0.6 is 18.2 Å². The molecule has 0 aromatic rings. The van der Waals surface area contributed by atoms with Crippen LogP contribution in [0, 0.1) is 0 Å². The van der Waals surface area contributed by atoms with E-state index in [1.807, 2.05) is 0 Å². The summed E-state index contributed by atoms with van der Waals surface area (Å²) in [4.78, 5) is 46.6. The third-order valence-electron chi connectivity index (χ3n) is 3.76. The summed E-state index contributed by atoms with van der Waals surface area (Å²) in [5.41, 5.74) is -1.25. The molecule has 0 spiro atoms. The maximum atomic E-state index is 13.1. The molecule has 0 N–H and O–H groups in total. The number of hydrogen-bond acceptors (Lipinski definition) is 13. The van der Waals surface area contributed by atoms with Crippen molar-refractivity contribution in [3.05, 3.63) is 0 Å². The van der Waals surface area contributed by atoms with Gasteiger partial charge in [0.2, 0.25) is 0 Å². The van der Waals surface area contributed by atoms with Crippen LogP contribution < -0.4 is 0 Å². The van der Waals surface area contributed by atoms with Crippen molar-refractivity contribution in [1.29, 1.82) is 0 Å². The second-order valence-electron chi connectivity index (χ2n) is 6.46. The SMILES string of the molecule is CCOP(=O)(OCC)S[C@@H]1O[C@H](COC(C)=O)[C@H](OC(C)=O)[C@H](OC(C)=O)[C@H]1OC(C)=O. The van der Waals surface area contributed by atoms with Gasteiger partial charge in [0.25, 0.3) is 0 Å². The average Bonchev–Trinajstić information content (AvgIpc) is 2.64.